The first-order valence-corrected chi connectivity index (χ1v) is 5.79. The van der Waals surface area contributed by atoms with Crippen LogP contribution in [0.4, 0.5) is 11.4 Å². The Bertz CT molecular complexity index is 486. The molecule has 1 aliphatic rings. The van der Waals surface area contributed by atoms with Crippen molar-refractivity contribution in [1.82, 2.24) is 0 Å². The van der Waals surface area contributed by atoms with Crippen LogP contribution in [0.25, 0.3) is 0 Å². The Morgan fingerprint density at radius 3 is 2.47 bits per heavy atom. The van der Waals surface area contributed by atoms with E-state index in [0.717, 1.165) is 10.5 Å². The number of aryl methyl sites for hydroxylation is 1. The molecule has 0 aromatic heterocycles. The van der Waals surface area contributed by atoms with Crippen molar-refractivity contribution in [2.45, 2.75) is 6.92 Å². The normalized spacial score (nSPS) is 16.5. The molecular weight excluding hydrogens is 288 g/mol. The number of anilines is 2. The summed E-state index contributed by atoms with van der Waals surface area (Å²) in [5.74, 6) is -0.768. The second kappa shape index (κ2) is 4.46. The van der Waals surface area contributed by atoms with E-state index in [4.69, 9.17) is 10.5 Å². The zero-order valence-corrected chi connectivity index (χ0v) is 10.8. The molecule has 0 radical (unpaired) electrons. The lowest BCUT2D eigenvalue weighted by atomic mass is 10.1. The van der Waals surface area contributed by atoms with E-state index in [9.17, 15) is 9.59 Å². The van der Waals surface area contributed by atoms with Crippen LogP contribution < -0.4 is 10.6 Å². The molecular formula is C11H11BrN2O3. The van der Waals surface area contributed by atoms with E-state index in [1.165, 1.54) is 0 Å². The van der Waals surface area contributed by atoms with Gasteiger partial charge in [0.25, 0.3) is 11.8 Å². The number of halogens is 1. The van der Waals surface area contributed by atoms with Gasteiger partial charge in [-0.2, -0.15) is 0 Å². The Kier molecular flexibility index (Phi) is 3.17. The minimum absolute atomic E-state index is 0.0913. The van der Waals surface area contributed by atoms with Crippen molar-refractivity contribution in [3.8, 4) is 0 Å². The number of hydrogen-bond acceptors (Lipinski definition) is 4. The average molecular weight is 299 g/mol. The lowest BCUT2D eigenvalue weighted by Gasteiger charge is -2.26. The second-order valence-electron chi connectivity index (χ2n) is 3.78. The van der Waals surface area contributed by atoms with E-state index in [-0.39, 0.29) is 25.0 Å². The van der Waals surface area contributed by atoms with Crippen LogP contribution in [0.5, 0.6) is 0 Å². The van der Waals surface area contributed by atoms with Gasteiger partial charge in [0.1, 0.15) is 13.2 Å². The minimum Gasteiger partial charge on any atom is -0.398 e. The van der Waals surface area contributed by atoms with E-state index in [0.29, 0.717) is 15.8 Å². The van der Waals surface area contributed by atoms with Gasteiger partial charge in [0, 0.05) is 10.2 Å². The molecule has 1 fully saturated rings. The van der Waals surface area contributed by atoms with Crippen molar-refractivity contribution in [1.29, 1.82) is 0 Å². The molecule has 90 valence electrons. The maximum absolute atomic E-state index is 11.7. The van der Waals surface area contributed by atoms with Crippen molar-refractivity contribution < 1.29 is 14.3 Å². The van der Waals surface area contributed by atoms with Crippen LogP contribution in [0, 0.1) is 6.92 Å². The molecule has 1 aromatic rings. The summed E-state index contributed by atoms with van der Waals surface area (Å²) < 4.78 is 5.51. The summed E-state index contributed by atoms with van der Waals surface area (Å²) in [6, 6.07) is 3.39. The highest BCUT2D eigenvalue weighted by atomic mass is 79.9. The summed E-state index contributed by atoms with van der Waals surface area (Å²) in [7, 11) is 0. The number of ether oxygens (including phenoxy) is 1. The fraction of sp³-hybridized carbons (Fsp3) is 0.273. The molecule has 5 nitrogen and oxygen atoms in total. The third-order valence-corrected chi connectivity index (χ3v) is 3.16. The molecule has 2 N–H and O–H groups in total. The summed E-state index contributed by atoms with van der Waals surface area (Å²) in [6.07, 6.45) is 0. The lowest BCUT2D eigenvalue weighted by molar-refractivity contribution is -0.138. The monoisotopic (exact) mass is 298 g/mol. The maximum atomic E-state index is 11.7. The molecule has 1 heterocycles. The number of benzene rings is 1. The smallest absolute Gasteiger partial charge is 0.259 e. The third-order valence-electron chi connectivity index (χ3n) is 2.53. The Balaban J connectivity index is 2.48. The molecule has 0 spiro atoms. The highest BCUT2D eigenvalue weighted by Crippen LogP contribution is 2.31. The van der Waals surface area contributed by atoms with Crippen LogP contribution in [0.3, 0.4) is 0 Å². The third kappa shape index (κ3) is 2.18. The number of nitrogens with zero attached hydrogens (tertiary/aromatic N) is 1. The van der Waals surface area contributed by atoms with Crippen LogP contribution in [0.15, 0.2) is 16.6 Å². The number of carbonyl (C=O) groups is 2. The Hall–Kier alpha value is -1.40. The number of nitrogens with two attached hydrogens (primary N) is 1. The summed E-state index contributed by atoms with van der Waals surface area (Å²) >= 11 is 3.33. The van der Waals surface area contributed by atoms with Crippen molar-refractivity contribution in [3.63, 3.8) is 0 Å². The summed E-state index contributed by atoms with van der Waals surface area (Å²) in [5.41, 5.74) is 7.67. The van der Waals surface area contributed by atoms with Gasteiger partial charge in [-0.05, 0) is 40.5 Å². The molecule has 17 heavy (non-hydrogen) atoms. The number of hydrogen-bond donors (Lipinski definition) is 1. The van der Waals surface area contributed by atoms with Crippen molar-refractivity contribution in [2.75, 3.05) is 23.8 Å². The minimum atomic E-state index is -0.384. The van der Waals surface area contributed by atoms with E-state index < -0.39 is 0 Å². The molecule has 6 heteroatoms. The highest BCUT2D eigenvalue weighted by molar-refractivity contribution is 9.10. The van der Waals surface area contributed by atoms with Gasteiger partial charge in [-0.3, -0.25) is 9.59 Å². The number of amides is 2. The molecule has 1 aromatic carbocycles. The summed E-state index contributed by atoms with van der Waals surface area (Å²) in [4.78, 5) is 24.4. The van der Waals surface area contributed by atoms with Gasteiger partial charge in [0.05, 0.1) is 5.69 Å². The molecule has 0 aliphatic carbocycles. The summed E-state index contributed by atoms with van der Waals surface area (Å²) in [6.45, 7) is 1.67. The Labute approximate surface area is 107 Å². The van der Waals surface area contributed by atoms with E-state index >= 15 is 0 Å². The van der Waals surface area contributed by atoms with Gasteiger partial charge in [-0.25, -0.2) is 4.90 Å². The SMILES string of the molecule is Cc1cc(Br)c(N2C(=O)COCC2=O)cc1N. The predicted molar refractivity (Wildman–Crippen MR) is 66.6 cm³/mol. The van der Waals surface area contributed by atoms with Gasteiger partial charge in [0.15, 0.2) is 0 Å². The van der Waals surface area contributed by atoms with Gasteiger partial charge < -0.3 is 10.5 Å². The van der Waals surface area contributed by atoms with Crippen molar-refractivity contribution >= 4 is 39.1 Å². The predicted octanol–water partition coefficient (Wildman–Crippen LogP) is 1.23. The second-order valence-corrected chi connectivity index (χ2v) is 4.63. The largest absolute Gasteiger partial charge is 0.398 e. The topological polar surface area (TPSA) is 72.6 Å². The molecule has 0 bridgehead atoms. The highest BCUT2D eigenvalue weighted by Gasteiger charge is 2.29. The quantitative estimate of drug-likeness (QED) is 0.625. The van der Waals surface area contributed by atoms with Crippen molar-refractivity contribution in [2.24, 2.45) is 0 Å². The van der Waals surface area contributed by atoms with Gasteiger partial charge in [-0.1, -0.05) is 0 Å². The molecule has 0 atom stereocenters. The molecule has 2 amide bonds. The maximum Gasteiger partial charge on any atom is 0.259 e. The average Bonchev–Trinajstić information content (AvgIpc) is 2.25. The molecule has 0 unspecified atom stereocenters. The Morgan fingerprint density at radius 1 is 1.29 bits per heavy atom. The van der Waals surface area contributed by atoms with Crippen molar-refractivity contribution in [3.05, 3.63) is 22.2 Å². The Morgan fingerprint density at radius 2 is 1.88 bits per heavy atom. The fourth-order valence-electron chi connectivity index (χ4n) is 1.61. The number of nitrogen functional groups attached to an aromatic ring is 1. The molecule has 1 aliphatic heterocycles. The van der Waals surface area contributed by atoms with E-state index in [1.807, 2.05) is 6.92 Å². The van der Waals surface area contributed by atoms with E-state index in [2.05, 4.69) is 15.9 Å². The fourth-order valence-corrected chi connectivity index (χ4v) is 2.25. The zero-order valence-electron chi connectivity index (χ0n) is 9.20. The molecule has 0 saturated carbocycles. The van der Waals surface area contributed by atoms with Crippen LogP contribution in [-0.4, -0.2) is 25.0 Å². The lowest BCUT2D eigenvalue weighted by Crippen LogP contribution is -2.46. The van der Waals surface area contributed by atoms with Crippen LogP contribution in [-0.2, 0) is 14.3 Å². The zero-order chi connectivity index (χ0) is 12.6. The van der Waals surface area contributed by atoms with Crippen LogP contribution in [0.1, 0.15) is 5.56 Å². The standard InChI is InChI=1S/C11H11BrN2O3/c1-6-2-7(12)9(3-8(6)13)14-10(15)4-17-5-11(14)16/h2-3H,4-5,13H2,1H3. The van der Waals surface area contributed by atoms with Gasteiger partial charge in [0.2, 0.25) is 0 Å². The summed E-state index contributed by atoms with van der Waals surface area (Å²) in [5, 5.41) is 0. The molecule has 1 saturated heterocycles. The van der Waals surface area contributed by atoms with Gasteiger partial charge >= 0.3 is 0 Å². The first-order valence-electron chi connectivity index (χ1n) is 5.00. The number of rotatable bonds is 1. The van der Waals surface area contributed by atoms with Gasteiger partial charge in [-0.15, -0.1) is 0 Å². The number of imide groups is 1. The van der Waals surface area contributed by atoms with Crippen LogP contribution in [0.2, 0.25) is 0 Å². The molecule has 2 rings (SSSR count). The number of carbonyl (C=O) groups excluding carboxylic acids is 2. The first kappa shape index (κ1) is 12.1. The van der Waals surface area contributed by atoms with E-state index in [1.54, 1.807) is 12.1 Å². The number of morpholine rings is 1. The first-order chi connectivity index (χ1) is 8.00. The van der Waals surface area contributed by atoms with Crippen LogP contribution >= 0.6 is 15.9 Å².